The Hall–Kier alpha value is -0.780. The largest absolute Gasteiger partial charge is 0.0625 e. The third kappa shape index (κ3) is 3.95. The molecule has 1 aliphatic rings. The normalized spacial score (nSPS) is 16.2. The zero-order valence-electron chi connectivity index (χ0n) is 9.72. The van der Waals surface area contributed by atoms with E-state index in [0.717, 1.165) is 5.92 Å². The summed E-state index contributed by atoms with van der Waals surface area (Å²) in [5, 5.41) is 0. The van der Waals surface area contributed by atoms with Crippen LogP contribution in [-0.2, 0) is 0 Å². The first kappa shape index (κ1) is 11.3. The molecule has 0 spiro atoms. The van der Waals surface area contributed by atoms with E-state index in [-0.39, 0.29) is 0 Å². The van der Waals surface area contributed by atoms with Crippen molar-refractivity contribution in [2.75, 3.05) is 0 Å². The maximum atomic E-state index is 2.34. The van der Waals surface area contributed by atoms with Crippen LogP contribution in [-0.4, -0.2) is 0 Å². The third-order valence-corrected chi connectivity index (χ3v) is 3.07. The van der Waals surface area contributed by atoms with Crippen molar-refractivity contribution in [2.24, 2.45) is 5.92 Å². The summed E-state index contributed by atoms with van der Waals surface area (Å²) in [5.74, 6) is 1.05. The van der Waals surface area contributed by atoms with Gasteiger partial charge in [-0.05, 0) is 30.9 Å². The van der Waals surface area contributed by atoms with Crippen LogP contribution in [0.25, 0.3) is 0 Å². The van der Waals surface area contributed by atoms with E-state index in [1.54, 1.807) is 0 Å². The molecule has 0 bridgehead atoms. The Balaban J connectivity index is 0.000000146. The van der Waals surface area contributed by atoms with Gasteiger partial charge in [-0.1, -0.05) is 56.9 Å². The molecule has 1 aromatic carbocycles. The minimum atomic E-state index is 1.05. The maximum Gasteiger partial charge on any atom is -0.0395 e. The fourth-order valence-corrected chi connectivity index (χ4v) is 1.79. The fourth-order valence-electron chi connectivity index (χ4n) is 1.79. The molecule has 1 saturated carbocycles. The van der Waals surface area contributed by atoms with E-state index in [1.165, 1.54) is 36.8 Å². The summed E-state index contributed by atoms with van der Waals surface area (Å²) in [7, 11) is 0. The van der Waals surface area contributed by atoms with Crippen molar-refractivity contribution in [3.8, 4) is 0 Å². The molecule has 1 aliphatic carbocycles. The van der Waals surface area contributed by atoms with Crippen molar-refractivity contribution in [1.29, 1.82) is 0 Å². The summed E-state index contributed by atoms with van der Waals surface area (Å²) in [5.41, 5.74) is 2.74. The van der Waals surface area contributed by atoms with Gasteiger partial charge in [-0.2, -0.15) is 0 Å². The molecule has 0 N–H and O–H groups in total. The molecular formula is C14H22. The van der Waals surface area contributed by atoms with Crippen molar-refractivity contribution < 1.29 is 0 Å². The Morgan fingerprint density at radius 1 is 0.929 bits per heavy atom. The van der Waals surface area contributed by atoms with Gasteiger partial charge in [0.05, 0.1) is 0 Å². The number of hydrogen-bond acceptors (Lipinski definition) is 0. The Morgan fingerprint density at radius 3 is 1.57 bits per heavy atom. The second-order valence-electron chi connectivity index (χ2n) is 4.47. The van der Waals surface area contributed by atoms with Crippen molar-refractivity contribution in [1.82, 2.24) is 0 Å². The van der Waals surface area contributed by atoms with Crippen molar-refractivity contribution in [2.45, 2.75) is 46.5 Å². The molecule has 0 heterocycles. The first-order chi connectivity index (χ1) is 6.70. The molecule has 1 aromatic rings. The molecule has 0 aromatic heterocycles. The molecule has 14 heavy (non-hydrogen) atoms. The molecule has 0 amide bonds. The van der Waals surface area contributed by atoms with E-state index in [9.17, 15) is 0 Å². The highest BCUT2D eigenvalue weighted by Gasteiger charge is 2.07. The van der Waals surface area contributed by atoms with Crippen LogP contribution in [0.2, 0.25) is 0 Å². The van der Waals surface area contributed by atoms with Crippen LogP contribution < -0.4 is 0 Å². The lowest BCUT2D eigenvalue weighted by Crippen LogP contribution is -1.78. The van der Waals surface area contributed by atoms with E-state index < -0.39 is 0 Å². The van der Waals surface area contributed by atoms with E-state index in [2.05, 4.69) is 45.0 Å². The van der Waals surface area contributed by atoms with Gasteiger partial charge in [0.15, 0.2) is 0 Å². The second kappa shape index (κ2) is 5.85. The summed E-state index contributed by atoms with van der Waals surface area (Å²) in [6, 6.07) is 8.36. The van der Waals surface area contributed by atoms with Crippen LogP contribution in [0.3, 0.4) is 0 Å². The van der Waals surface area contributed by atoms with E-state index in [1.807, 2.05) is 0 Å². The minimum absolute atomic E-state index is 1.05. The van der Waals surface area contributed by atoms with E-state index >= 15 is 0 Å². The highest BCUT2D eigenvalue weighted by molar-refractivity contribution is 5.23. The first-order valence-electron chi connectivity index (χ1n) is 5.72. The SMILES string of the molecule is CC1CCCC1.Cc1ccccc1C. The number of rotatable bonds is 0. The third-order valence-electron chi connectivity index (χ3n) is 3.07. The lowest BCUT2D eigenvalue weighted by molar-refractivity contribution is 0.612. The Kier molecular flexibility index (Phi) is 4.72. The lowest BCUT2D eigenvalue weighted by Gasteiger charge is -1.93. The molecule has 0 atom stereocenters. The number of benzene rings is 1. The van der Waals surface area contributed by atoms with Crippen LogP contribution in [0.5, 0.6) is 0 Å². The Labute approximate surface area is 88.4 Å². The first-order valence-corrected chi connectivity index (χ1v) is 5.72. The molecule has 0 saturated heterocycles. The summed E-state index contributed by atoms with van der Waals surface area (Å²) >= 11 is 0. The van der Waals surface area contributed by atoms with E-state index in [4.69, 9.17) is 0 Å². The van der Waals surface area contributed by atoms with Gasteiger partial charge in [-0.25, -0.2) is 0 Å². The predicted molar refractivity (Wildman–Crippen MR) is 63.5 cm³/mol. The van der Waals surface area contributed by atoms with Gasteiger partial charge < -0.3 is 0 Å². The zero-order chi connectivity index (χ0) is 10.4. The number of hydrogen-bond donors (Lipinski definition) is 0. The van der Waals surface area contributed by atoms with E-state index in [0.29, 0.717) is 0 Å². The highest BCUT2D eigenvalue weighted by atomic mass is 14.1. The van der Waals surface area contributed by atoms with Gasteiger partial charge in [0.1, 0.15) is 0 Å². The maximum absolute atomic E-state index is 2.34. The van der Waals surface area contributed by atoms with Gasteiger partial charge in [0.2, 0.25) is 0 Å². The summed E-state index contributed by atoms with van der Waals surface area (Å²) in [6.45, 7) is 6.58. The van der Waals surface area contributed by atoms with Gasteiger partial charge >= 0.3 is 0 Å². The van der Waals surface area contributed by atoms with Crippen molar-refractivity contribution in [3.63, 3.8) is 0 Å². The molecular weight excluding hydrogens is 168 g/mol. The monoisotopic (exact) mass is 190 g/mol. The highest BCUT2D eigenvalue weighted by Crippen LogP contribution is 2.22. The summed E-state index contributed by atoms with van der Waals surface area (Å²) in [4.78, 5) is 0. The van der Waals surface area contributed by atoms with Gasteiger partial charge in [-0.3, -0.25) is 0 Å². The van der Waals surface area contributed by atoms with Crippen LogP contribution >= 0.6 is 0 Å². The van der Waals surface area contributed by atoms with Gasteiger partial charge in [0.25, 0.3) is 0 Å². The molecule has 0 unspecified atom stereocenters. The molecule has 1 fully saturated rings. The van der Waals surface area contributed by atoms with Crippen molar-refractivity contribution in [3.05, 3.63) is 35.4 Å². The molecule has 0 nitrogen and oxygen atoms in total. The molecule has 0 aliphatic heterocycles. The average Bonchev–Trinajstić information content (AvgIpc) is 2.63. The van der Waals surface area contributed by atoms with Gasteiger partial charge in [0, 0.05) is 0 Å². The van der Waals surface area contributed by atoms with Crippen LogP contribution in [0, 0.1) is 19.8 Å². The van der Waals surface area contributed by atoms with Crippen LogP contribution in [0.1, 0.15) is 43.7 Å². The molecule has 2 rings (SSSR count). The predicted octanol–water partition coefficient (Wildman–Crippen LogP) is 4.50. The molecule has 0 heteroatoms. The van der Waals surface area contributed by atoms with Gasteiger partial charge in [-0.15, -0.1) is 0 Å². The fraction of sp³-hybridized carbons (Fsp3) is 0.571. The zero-order valence-corrected chi connectivity index (χ0v) is 9.72. The quantitative estimate of drug-likeness (QED) is 0.565. The standard InChI is InChI=1S/C8H10.C6H12/c1-7-5-3-4-6-8(7)2;1-6-4-2-3-5-6/h3-6H,1-2H3;6H,2-5H2,1H3. The smallest absolute Gasteiger partial charge is 0.0395 e. The van der Waals surface area contributed by atoms with Crippen LogP contribution in [0.4, 0.5) is 0 Å². The van der Waals surface area contributed by atoms with Crippen LogP contribution in [0.15, 0.2) is 24.3 Å². The summed E-state index contributed by atoms with van der Waals surface area (Å²) < 4.78 is 0. The second-order valence-corrected chi connectivity index (χ2v) is 4.47. The summed E-state index contributed by atoms with van der Waals surface area (Å²) in [6.07, 6.45) is 5.95. The lowest BCUT2D eigenvalue weighted by atomic mass is 10.1. The molecule has 78 valence electrons. The minimum Gasteiger partial charge on any atom is -0.0625 e. The molecule has 0 radical (unpaired) electrons. The Bertz CT molecular complexity index is 235. The average molecular weight is 190 g/mol. The Morgan fingerprint density at radius 2 is 1.36 bits per heavy atom. The topological polar surface area (TPSA) is 0 Å². The van der Waals surface area contributed by atoms with Crippen molar-refractivity contribution >= 4 is 0 Å². The number of aryl methyl sites for hydroxylation is 2.